The van der Waals surface area contributed by atoms with Crippen LogP contribution in [0.25, 0.3) is 0 Å². The van der Waals surface area contributed by atoms with E-state index in [2.05, 4.69) is 44.4 Å². The Morgan fingerprint density at radius 3 is 2.63 bits per heavy atom. The van der Waals surface area contributed by atoms with Gasteiger partial charge in [-0.3, -0.25) is 0 Å². The van der Waals surface area contributed by atoms with E-state index in [-0.39, 0.29) is 0 Å². The van der Waals surface area contributed by atoms with Crippen LogP contribution >= 0.6 is 0 Å². The Bertz CT molecular complexity index is 447. The highest BCUT2D eigenvalue weighted by molar-refractivity contribution is 5.40. The molecule has 2 heteroatoms. The van der Waals surface area contributed by atoms with Crippen LogP contribution in [0.5, 0.6) is 5.75 Å². The van der Waals surface area contributed by atoms with Crippen LogP contribution in [0.2, 0.25) is 0 Å². The number of fused-ring (bicyclic) bond motifs is 1. The highest BCUT2D eigenvalue weighted by Crippen LogP contribution is 2.57. The average Bonchev–Trinajstić information content (AvgIpc) is 3.01. The monoisotopic (exact) mass is 259 g/mol. The molecule has 19 heavy (non-hydrogen) atoms. The van der Waals surface area contributed by atoms with E-state index in [4.69, 9.17) is 4.74 Å². The largest absolute Gasteiger partial charge is 0.494 e. The van der Waals surface area contributed by atoms with E-state index in [1.54, 1.807) is 0 Å². The topological polar surface area (TPSA) is 21.3 Å². The Morgan fingerprint density at radius 1 is 1.26 bits per heavy atom. The summed E-state index contributed by atoms with van der Waals surface area (Å²) in [5.74, 6) is 3.91. The third-order valence-corrected chi connectivity index (χ3v) is 4.86. The van der Waals surface area contributed by atoms with E-state index < -0.39 is 0 Å². The second-order valence-corrected chi connectivity index (χ2v) is 6.23. The van der Waals surface area contributed by atoms with Gasteiger partial charge in [-0.2, -0.15) is 0 Å². The van der Waals surface area contributed by atoms with Gasteiger partial charge in [0.15, 0.2) is 0 Å². The maximum absolute atomic E-state index is 5.83. The number of hydrogen-bond donors (Lipinski definition) is 1. The minimum Gasteiger partial charge on any atom is -0.494 e. The number of ether oxygens (including phenoxy) is 1. The van der Waals surface area contributed by atoms with E-state index in [1.165, 1.54) is 30.4 Å². The Labute approximate surface area is 116 Å². The van der Waals surface area contributed by atoms with Gasteiger partial charge >= 0.3 is 0 Å². The van der Waals surface area contributed by atoms with Crippen molar-refractivity contribution in [1.29, 1.82) is 0 Å². The van der Waals surface area contributed by atoms with Crippen molar-refractivity contribution in [2.24, 2.45) is 17.8 Å². The zero-order chi connectivity index (χ0) is 13.4. The molecule has 0 aromatic heterocycles. The lowest BCUT2D eigenvalue weighted by molar-refractivity contribution is 0.312. The number of benzene rings is 1. The molecule has 2 nitrogen and oxygen atoms in total. The molecular weight excluding hydrogens is 234 g/mol. The third kappa shape index (κ3) is 2.51. The van der Waals surface area contributed by atoms with Crippen molar-refractivity contribution in [3.05, 3.63) is 29.3 Å². The summed E-state index contributed by atoms with van der Waals surface area (Å²) in [7, 11) is 2.09. The third-order valence-electron chi connectivity index (χ3n) is 4.86. The molecule has 2 aliphatic rings. The summed E-state index contributed by atoms with van der Waals surface area (Å²) in [6.45, 7) is 4.96. The standard InChI is InChI=1S/C17H25NO/c1-4-19-16-6-5-11(2)7-15(16)17(18-3)14-9-12-8-13(12)10-14/h5-7,12-14,17-18H,4,8-10H2,1-3H3. The Hall–Kier alpha value is -1.02. The second kappa shape index (κ2) is 5.16. The van der Waals surface area contributed by atoms with Crippen LogP contribution in [0, 0.1) is 24.7 Å². The first-order valence-electron chi connectivity index (χ1n) is 7.63. The molecule has 0 bridgehead atoms. The summed E-state index contributed by atoms with van der Waals surface area (Å²) in [6.07, 6.45) is 4.28. The summed E-state index contributed by atoms with van der Waals surface area (Å²) < 4.78 is 5.83. The molecule has 2 saturated carbocycles. The number of rotatable bonds is 5. The van der Waals surface area contributed by atoms with Crippen molar-refractivity contribution < 1.29 is 4.74 Å². The zero-order valence-electron chi connectivity index (χ0n) is 12.3. The summed E-state index contributed by atoms with van der Waals surface area (Å²) >= 11 is 0. The van der Waals surface area contributed by atoms with Crippen molar-refractivity contribution in [2.75, 3.05) is 13.7 Å². The average molecular weight is 259 g/mol. The van der Waals surface area contributed by atoms with Gasteiger partial charge in [0.2, 0.25) is 0 Å². The van der Waals surface area contributed by atoms with Crippen molar-refractivity contribution in [1.82, 2.24) is 5.32 Å². The fourth-order valence-electron chi connectivity index (χ4n) is 3.88. The number of hydrogen-bond acceptors (Lipinski definition) is 2. The van der Waals surface area contributed by atoms with Crippen LogP contribution in [0.3, 0.4) is 0 Å². The molecule has 0 spiro atoms. The molecule has 2 fully saturated rings. The lowest BCUT2D eigenvalue weighted by Gasteiger charge is -2.27. The van der Waals surface area contributed by atoms with Gasteiger partial charge in [-0.05, 0) is 64.0 Å². The van der Waals surface area contributed by atoms with Gasteiger partial charge in [0.25, 0.3) is 0 Å². The fourth-order valence-corrected chi connectivity index (χ4v) is 3.88. The minimum absolute atomic E-state index is 0.453. The Kier molecular flexibility index (Phi) is 3.53. The van der Waals surface area contributed by atoms with Crippen LogP contribution in [-0.4, -0.2) is 13.7 Å². The van der Waals surface area contributed by atoms with Crippen molar-refractivity contribution in [3.63, 3.8) is 0 Å². The number of nitrogens with one attached hydrogen (secondary N) is 1. The molecule has 1 aromatic carbocycles. The molecule has 1 aromatic rings. The molecule has 3 unspecified atom stereocenters. The van der Waals surface area contributed by atoms with Gasteiger partial charge in [-0.1, -0.05) is 17.7 Å². The molecule has 0 radical (unpaired) electrons. The first-order valence-corrected chi connectivity index (χ1v) is 7.63. The zero-order valence-corrected chi connectivity index (χ0v) is 12.3. The maximum atomic E-state index is 5.83. The normalized spacial score (nSPS) is 29.9. The Morgan fingerprint density at radius 2 is 2.00 bits per heavy atom. The van der Waals surface area contributed by atoms with Crippen molar-refractivity contribution >= 4 is 0 Å². The molecule has 0 amide bonds. The smallest absolute Gasteiger partial charge is 0.124 e. The molecule has 3 rings (SSSR count). The van der Waals surface area contributed by atoms with Crippen LogP contribution in [0.4, 0.5) is 0 Å². The predicted octanol–water partition coefficient (Wildman–Crippen LogP) is 3.70. The molecule has 0 aliphatic heterocycles. The first kappa shape index (κ1) is 13.0. The molecule has 0 heterocycles. The number of aryl methyl sites for hydroxylation is 1. The van der Waals surface area contributed by atoms with Crippen LogP contribution < -0.4 is 10.1 Å². The summed E-state index contributed by atoms with van der Waals surface area (Å²) in [6, 6.07) is 7.03. The minimum atomic E-state index is 0.453. The first-order chi connectivity index (χ1) is 9.22. The van der Waals surface area contributed by atoms with Crippen LogP contribution in [-0.2, 0) is 0 Å². The molecule has 3 atom stereocenters. The highest BCUT2D eigenvalue weighted by atomic mass is 16.5. The van der Waals surface area contributed by atoms with Gasteiger partial charge in [0.1, 0.15) is 5.75 Å². The van der Waals surface area contributed by atoms with Crippen molar-refractivity contribution in [2.45, 2.75) is 39.2 Å². The molecule has 0 saturated heterocycles. The lowest BCUT2D eigenvalue weighted by Crippen LogP contribution is -2.25. The fraction of sp³-hybridized carbons (Fsp3) is 0.647. The molecule has 1 N–H and O–H groups in total. The Balaban J connectivity index is 1.86. The van der Waals surface area contributed by atoms with Crippen LogP contribution in [0.15, 0.2) is 18.2 Å². The van der Waals surface area contributed by atoms with E-state index in [0.29, 0.717) is 6.04 Å². The quantitative estimate of drug-likeness (QED) is 0.870. The van der Waals surface area contributed by atoms with E-state index in [0.717, 1.165) is 30.1 Å². The van der Waals surface area contributed by atoms with E-state index in [1.807, 2.05) is 0 Å². The SMILES string of the molecule is CCOc1ccc(C)cc1C(NC)C1CC2CC2C1. The van der Waals surface area contributed by atoms with E-state index >= 15 is 0 Å². The van der Waals surface area contributed by atoms with Crippen LogP contribution in [0.1, 0.15) is 43.4 Å². The highest BCUT2D eigenvalue weighted by Gasteiger charge is 2.48. The van der Waals surface area contributed by atoms with Gasteiger partial charge in [0.05, 0.1) is 6.61 Å². The summed E-state index contributed by atoms with van der Waals surface area (Å²) in [5, 5.41) is 3.55. The van der Waals surface area contributed by atoms with E-state index in [9.17, 15) is 0 Å². The predicted molar refractivity (Wildman–Crippen MR) is 78.5 cm³/mol. The van der Waals surface area contributed by atoms with Gasteiger partial charge in [-0.25, -0.2) is 0 Å². The summed E-state index contributed by atoms with van der Waals surface area (Å²) in [4.78, 5) is 0. The maximum Gasteiger partial charge on any atom is 0.124 e. The molecule has 2 aliphatic carbocycles. The lowest BCUT2D eigenvalue weighted by atomic mass is 9.88. The van der Waals surface area contributed by atoms with Gasteiger partial charge in [-0.15, -0.1) is 0 Å². The molecule has 104 valence electrons. The summed E-state index contributed by atoms with van der Waals surface area (Å²) in [5.41, 5.74) is 2.68. The molecular formula is C17H25NO. The van der Waals surface area contributed by atoms with Gasteiger partial charge < -0.3 is 10.1 Å². The second-order valence-electron chi connectivity index (χ2n) is 6.23. The van der Waals surface area contributed by atoms with Crippen molar-refractivity contribution in [3.8, 4) is 5.75 Å². The van der Waals surface area contributed by atoms with Gasteiger partial charge in [0, 0.05) is 11.6 Å².